The third-order valence-corrected chi connectivity index (χ3v) is 6.43. The van der Waals surface area contributed by atoms with E-state index < -0.39 is 0 Å². The lowest BCUT2D eigenvalue weighted by atomic mass is 9.70. The summed E-state index contributed by atoms with van der Waals surface area (Å²) in [6.45, 7) is 20.3. The van der Waals surface area contributed by atoms with E-state index in [1.807, 2.05) is 0 Å². The Morgan fingerprint density at radius 2 is 1.38 bits per heavy atom. The molecule has 3 heterocycles. The lowest BCUT2D eigenvalue weighted by molar-refractivity contribution is -0.169. The molecule has 0 bridgehead atoms. The molecule has 1 amide bonds. The second kappa shape index (κ2) is 5.98. The number of rotatable bonds is 2. The van der Waals surface area contributed by atoms with E-state index in [1.54, 1.807) is 0 Å². The number of likely N-dealkylation sites (tertiary alicyclic amines) is 3. The zero-order valence-corrected chi connectivity index (χ0v) is 16.7. The highest BCUT2D eigenvalue weighted by Crippen LogP contribution is 2.43. The summed E-state index contributed by atoms with van der Waals surface area (Å²) in [5.74, 6) is 1.00. The van der Waals surface area contributed by atoms with Crippen LogP contribution in [0.2, 0.25) is 0 Å². The quantitative estimate of drug-likeness (QED) is 0.776. The molecule has 3 rings (SSSR count). The molecule has 4 heteroatoms. The minimum atomic E-state index is 0.266. The number of amides is 1. The Kier molecular flexibility index (Phi) is 4.53. The van der Waals surface area contributed by atoms with Crippen LogP contribution in [0, 0.1) is 11.3 Å². The molecule has 0 aliphatic carbocycles. The van der Waals surface area contributed by atoms with Gasteiger partial charge in [0.05, 0.1) is 0 Å². The molecule has 138 valence electrons. The Morgan fingerprint density at radius 3 is 1.83 bits per heavy atom. The van der Waals surface area contributed by atoms with Crippen LogP contribution in [-0.2, 0) is 4.79 Å². The number of carbonyl (C=O) groups is 1. The van der Waals surface area contributed by atoms with Gasteiger partial charge in [-0.05, 0) is 73.4 Å². The van der Waals surface area contributed by atoms with Crippen molar-refractivity contribution >= 4 is 5.91 Å². The van der Waals surface area contributed by atoms with Gasteiger partial charge in [-0.15, -0.1) is 0 Å². The normalized spacial score (nSPS) is 26.3. The molecular weight excluding hydrogens is 298 g/mol. The first-order chi connectivity index (χ1) is 11.0. The fourth-order valence-corrected chi connectivity index (χ4v) is 4.56. The van der Waals surface area contributed by atoms with E-state index in [2.05, 4.69) is 56.2 Å². The van der Waals surface area contributed by atoms with E-state index in [4.69, 9.17) is 0 Å². The molecule has 3 aliphatic heterocycles. The van der Waals surface area contributed by atoms with E-state index in [-0.39, 0.29) is 11.1 Å². The van der Waals surface area contributed by atoms with Crippen LogP contribution >= 0.6 is 0 Å². The minimum absolute atomic E-state index is 0.266. The Labute approximate surface area is 148 Å². The van der Waals surface area contributed by atoms with E-state index in [0.29, 0.717) is 17.2 Å². The largest absolute Gasteiger partial charge is 0.341 e. The molecule has 3 aliphatic rings. The number of hydrogen-bond donors (Lipinski definition) is 0. The number of nitrogens with zero attached hydrogens (tertiary/aromatic N) is 3. The molecule has 4 nitrogen and oxygen atoms in total. The van der Waals surface area contributed by atoms with Crippen LogP contribution < -0.4 is 0 Å². The van der Waals surface area contributed by atoms with Crippen molar-refractivity contribution in [1.82, 2.24) is 14.7 Å². The monoisotopic (exact) mass is 335 g/mol. The fourth-order valence-electron chi connectivity index (χ4n) is 4.56. The molecule has 0 radical (unpaired) electrons. The molecule has 0 aromatic heterocycles. The molecular formula is C20H37N3O. The average molecular weight is 336 g/mol. The van der Waals surface area contributed by atoms with Gasteiger partial charge in [-0.3, -0.25) is 14.6 Å². The molecule has 1 spiro atoms. The van der Waals surface area contributed by atoms with Gasteiger partial charge in [0.15, 0.2) is 0 Å². The van der Waals surface area contributed by atoms with Crippen LogP contribution in [0.3, 0.4) is 0 Å². The van der Waals surface area contributed by atoms with Gasteiger partial charge in [0.25, 0.3) is 0 Å². The Morgan fingerprint density at radius 1 is 0.875 bits per heavy atom. The van der Waals surface area contributed by atoms with Gasteiger partial charge >= 0.3 is 0 Å². The van der Waals surface area contributed by atoms with Crippen LogP contribution in [0.5, 0.6) is 0 Å². The molecule has 3 saturated heterocycles. The lowest BCUT2D eigenvalue weighted by Crippen LogP contribution is -2.75. The predicted molar refractivity (Wildman–Crippen MR) is 99.0 cm³/mol. The van der Waals surface area contributed by atoms with Crippen LogP contribution in [0.25, 0.3) is 0 Å². The van der Waals surface area contributed by atoms with Crippen LogP contribution in [0.1, 0.15) is 60.8 Å². The van der Waals surface area contributed by atoms with Gasteiger partial charge in [-0.25, -0.2) is 0 Å². The van der Waals surface area contributed by atoms with Crippen molar-refractivity contribution in [3.63, 3.8) is 0 Å². The van der Waals surface area contributed by atoms with Gasteiger partial charge in [0.2, 0.25) is 5.91 Å². The third-order valence-electron chi connectivity index (χ3n) is 6.43. The van der Waals surface area contributed by atoms with Crippen molar-refractivity contribution in [3.8, 4) is 0 Å². The summed E-state index contributed by atoms with van der Waals surface area (Å²) in [4.78, 5) is 19.8. The van der Waals surface area contributed by atoms with Gasteiger partial charge in [-0.2, -0.15) is 0 Å². The zero-order chi connectivity index (χ0) is 17.8. The molecule has 0 aromatic carbocycles. The second-order valence-corrected chi connectivity index (χ2v) is 10.6. The first kappa shape index (κ1) is 18.2. The topological polar surface area (TPSA) is 26.8 Å². The average Bonchev–Trinajstić information content (AvgIpc) is 2.33. The maximum Gasteiger partial charge on any atom is 0.222 e. The van der Waals surface area contributed by atoms with Gasteiger partial charge < -0.3 is 4.90 Å². The molecule has 0 N–H and O–H groups in total. The fraction of sp³-hybridized carbons (Fsp3) is 0.950. The van der Waals surface area contributed by atoms with E-state index in [1.165, 1.54) is 25.9 Å². The SMILES string of the molecule is CC(C)(C)N1CCC(CC(=O)N2CC3(C2)CN(C(C)(C)C)C3)CC1. The number of piperidine rings is 1. The Bertz CT molecular complexity index is 466. The summed E-state index contributed by atoms with van der Waals surface area (Å²) >= 11 is 0. The predicted octanol–water partition coefficient (Wildman–Crippen LogP) is 2.83. The first-order valence-electron chi connectivity index (χ1n) is 9.76. The smallest absolute Gasteiger partial charge is 0.222 e. The van der Waals surface area contributed by atoms with Crippen molar-refractivity contribution in [1.29, 1.82) is 0 Å². The summed E-state index contributed by atoms with van der Waals surface area (Å²) in [5, 5.41) is 0. The van der Waals surface area contributed by atoms with Crippen molar-refractivity contribution in [3.05, 3.63) is 0 Å². The maximum absolute atomic E-state index is 12.6. The van der Waals surface area contributed by atoms with E-state index in [0.717, 1.165) is 32.6 Å². The highest BCUT2D eigenvalue weighted by molar-refractivity contribution is 5.77. The van der Waals surface area contributed by atoms with Crippen molar-refractivity contribution in [2.75, 3.05) is 39.3 Å². The standard InChI is InChI=1S/C20H37N3O/c1-18(2,3)22-9-7-16(8-10-22)11-17(24)21-12-20(13-21)14-23(15-20)19(4,5)6/h16H,7-15H2,1-6H3. The van der Waals surface area contributed by atoms with Gasteiger partial charge in [-0.1, -0.05) is 0 Å². The zero-order valence-electron chi connectivity index (χ0n) is 16.7. The highest BCUT2D eigenvalue weighted by atomic mass is 16.2. The van der Waals surface area contributed by atoms with Crippen molar-refractivity contribution in [2.45, 2.75) is 71.9 Å². The summed E-state index contributed by atoms with van der Waals surface area (Å²) < 4.78 is 0. The van der Waals surface area contributed by atoms with Gasteiger partial charge in [0.1, 0.15) is 0 Å². The Hall–Kier alpha value is -0.610. The van der Waals surface area contributed by atoms with Crippen LogP contribution in [-0.4, -0.2) is 71.0 Å². The van der Waals surface area contributed by atoms with Crippen LogP contribution in [0.15, 0.2) is 0 Å². The molecule has 0 unspecified atom stereocenters. The molecule has 0 aromatic rings. The van der Waals surface area contributed by atoms with Crippen molar-refractivity contribution < 1.29 is 4.79 Å². The number of carbonyl (C=O) groups excluding carboxylic acids is 1. The minimum Gasteiger partial charge on any atom is -0.341 e. The van der Waals surface area contributed by atoms with Crippen LogP contribution in [0.4, 0.5) is 0 Å². The molecule has 24 heavy (non-hydrogen) atoms. The summed E-state index contributed by atoms with van der Waals surface area (Å²) in [7, 11) is 0. The Balaban J connectivity index is 1.38. The summed E-state index contributed by atoms with van der Waals surface area (Å²) in [6.07, 6.45) is 3.14. The second-order valence-electron chi connectivity index (χ2n) is 10.6. The lowest BCUT2D eigenvalue weighted by Gasteiger charge is -2.63. The summed E-state index contributed by atoms with van der Waals surface area (Å²) in [5.41, 5.74) is 0.969. The number of hydrogen-bond acceptors (Lipinski definition) is 3. The first-order valence-corrected chi connectivity index (χ1v) is 9.76. The molecule has 0 atom stereocenters. The third kappa shape index (κ3) is 3.65. The van der Waals surface area contributed by atoms with Crippen molar-refractivity contribution in [2.24, 2.45) is 11.3 Å². The van der Waals surface area contributed by atoms with Gasteiger partial charge in [0, 0.05) is 49.1 Å². The molecule has 0 saturated carbocycles. The highest BCUT2D eigenvalue weighted by Gasteiger charge is 2.55. The molecule has 3 fully saturated rings. The summed E-state index contributed by atoms with van der Waals surface area (Å²) in [6, 6.07) is 0. The maximum atomic E-state index is 12.6. The van der Waals surface area contributed by atoms with E-state index in [9.17, 15) is 4.79 Å². The van der Waals surface area contributed by atoms with E-state index >= 15 is 0 Å².